The van der Waals surface area contributed by atoms with Crippen LogP contribution >= 0.6 is 0 Å². The molecule has 0 aliphatic rings. The molecule has 0 aliphatic heterocycles. The topological polar surface area (TPSA) is 38.1 Å². The zero-order chi connectivity index (χ0) is 12.1. The lowest BCUT2D eigenvalue weighted by Crippen LogP contribution is -2.23. The van der Waals surface area contributed by atoms with Gasteiger partial charge < -0.3 is 9.73 Å². The van der Waals surface area contributed by atoms with Gasteiger partial charge in [0.2, 0.25) is 0 Å². The second kappa shape index (κ2) is 5.59. The van der Waals surface area contributed by atoms with Crippen molar-refractivity contribution < 1.29 is 8.81 Å². The fourth-order valence-corrected chi connectivity index (χ4v) is 1.65. The summed E-state index contributed by atoms with van der Waals surface area (Å²) in [5, 5.41) is 3.33. The molecule has 2 aromatic heterocycles. The Hall–Kier alpha value is -1.68. The van der Waals surface area contributed by atoms with E-state index in [0.29, 0.717) is 0 Å². The van der Waals surface area contributed by atoms with Gasteiger partial charge in [-0.15, -0.1) is 0 Å². The molecular formula is C13H15FN2O. The summed E-state index contributed by atoms with van der Waals surface area (Å²) < 4.78 is 18.2. The molecule has 90 valence electrons. The Balaban J connectivity index is 2.23. The van der Waals surface area contributed by atoms with Gasteiger partial charge in [-0.3, -0.25) is 4.98 Å². The van der Waals surface area contributed by atoms with Crippen LogP contribution in [0.2, 0.25) is 0 Å². The Morgan fingerprint density at radius 1 is 1.41 bits per heavy atom. The summed E-state index contributed by atoms with van der Waals surface area (Å²) in [5.74, 6) is 0.458. The van der Waals surface area contributed by atoms with Gasteiger partial charge in [-0.05, 0) is 37.2 Å². The van der Waals surface area contributed by atoms with Crippen molar-refractivity contribution in [1.29, 1.82) is 0 Å². The monoisotopic (exact) mass is 234 g/mol. The lowest BCUT2D eigenvalue weighted by Gasteiger charge is -2.15. The summed E-state index contributed by atoms with van der Waals surface area (Å²) in [7, 11) is 0. The van der Waals surface area contributed by atoms with Crippen molar-refractivity contribution in [3.8, 4) is 0 Å². The van der Waals surface area contributed by atoms with Gasteiger partial charge in [0.05, 0.1) is 18.2 Å². The molecule has 0 saturated heterocycles. The van der Waals surface area contributed by atoms with Gasteiger partial charge in [0, 0.05) is 0 Å². The van der Waals surface area contributed by atoms with E-state index in [-0.39, 0.29) is 11.9 Å². The van der Waals surface area contributed by atoms with E-state index in [1.807, 2.05) is 12.1 Å². The van der Waals surface area contributed by atoms with Crippen LogP contribution in [0.5, 0.6) is 0 Å². The van der Waals surface area contributed by atoms with Gasteiger partial charge in [0.15, 0.2) is 0 Å². The van der Waals surface area contributed by atoms with Crippen molar-refractivity contribution in [2.45, 2.75) is 19.4 Å². The first-order valence-corrected chi connectivity index (χ1v) is 5.69. The average molecular weight is 234 g/mol. The number of nitrogens with one attached hydrogen (secondary N) is 1. The number of rotatable bonds is 5. The van der Waals surface area contributed by atoms with Gasteiger partial charge in [-0.2, -0.15) is 0 Å². The molecule has 2 rings (SSSR count). The van der Waals surface area contributed by atoms with E-state index in [9.17, 15) is 4.39 Å². The molecule has 0 bridgehead atoms. The molecule has 0 aliphatic carbocycles. The van der Waals surface area contributed by atoms with E-state index in [1.54, 1.807) is 12.3 Å². The van der Waals surface area contributed by atoms with Crippen LogP contribution in [0.15, 0.2) is 41.1 Å². The summed E-state index contributed by atoms with van der Waals surface area (Å²) in [6, 6.07) is 6.68. The fraction of sp³-hybridized carbons (Fsp3) is 0.308. The summed E-state index contributed by atoms with van der Waals surface area (Å²) in [6.07, 6.45) is 3.86. The quantitative estimate of drug-likeness (QED) is 0.864. The van der Waals surface area contributed by atoms with Gasteiger partial charge in [0.25, 0.3) is 0 Å². The summed E-state index contributed by atoms with van der Waals surface area (Å²) in [5.41, 5.74) is 0.759. The van der Waals surface area contributed by atoms with Crippen LogP contribution in [-0.4, -0.2) is 11.5 Å². The van der Waals surface area contributed by atoms with E-state index in [2.05, 4.69) is 17.2 Å². The Labute approximate surface area is 99.7 Å². The van der Waals surface area contributed by atoms with Crippen molar-refractivity contribution >= 4 is 0 Å². The Morgan fingerprint density at radius 3 is 2.88 bits per heavy atom. The van der Waals surface area contributed by atoms with Gasteiger partial charge in [-0.25, -0.2) is 4.39 Å². The maximum absolute atomic E-state index is 12.8. The molecule has 3 nitrogen and oxygen atoms in total. The van der Waals surface area contributed by atoms with Gasteiger partial charge >= 0.3 is 0 Å². The molecule has 2 heterocycles. The highest BCUT2D eigenvalue weighted by molar-refractivity contribution is 5.20. The fourth-order valence-electron chi connectivity index (χ4n) is 1.65. The number of nitrogens with zero attached hydrogens (tertiary/aromatic N) is 1. The number of halogens is 1. The highest BCUT2D eigenvalue weighted by Gasteiger charge is 2.17. The third kappa shape index (κ3) is 2.91. The maximum Gasteiger partial charge on any atom is 0.141 e. The van der Waals surface area contributed by atoms with Gasteiger partial charge in [0.1, 0.15) is 17.6 Å². The number of hydrogen-bond acceptors (Lipinski definition) is 3. The van der Waals surface area contributed by atoms with Crippen LogP contribution < -0.4 is 5.32 Å². The highest BCUT2D eigenvalue weighted by Crippen LogP contribution is 2.20. The third-order valence-electron chi connectivity index (χ3n) is 2.47. The minimum absolute atomic E-state index is 0.120. The first-order chi connectivity index (χ1) is 8.31. The van der Waals surface area contributed by atoms with Crippen molar-refractivity contribution in [3.63, 3.8) is 0 Å². The van der Waals surface area contributed by atoms with Crippen molar-refractivity contribution in [2.75, 3.05) is 6.54 Å². The number of aromatic nitrogens is 1. The number of furan rings is 1. The van der Waals surface area contributed by atoms with Crippen LogP contribution in [-0.2, 0) is 0 Å². The predicted octanol–water partition coefficient (Wildman–Crippen LogP) is 2.90. The zero-order valence-corrected chi connectivity index (χ0v) is 9.69. The van der Waals surface area contributed by atoms with E-state index in [4.69, 9.17) is 4.42 Å². The lowest BCUT2D eigenvalue weighted by atomic mass is 10.1. The Bertz CT molecular complexity index is 439. The molecule has 1 unspecified atom stereocenters. The largest absolute Gasteiger partial charge is 0.467 e. The highest BCUT2D eigenvalue weighted by atomic mass is 19.1. The number of pyridine rings is 1. The molecule has 1 N–H and O–H groups in total. The molecule has 0 amide bonds. The van der Waals surface area contributed by atoms with E-state index in [1.165, 1.54) is 12.3 Å². The maximum atomic E-state index is 12.8. The van der Waals surface area contributed by atoms with Crippen LogP contribution in [0.1, 0.15) is 30.8 Å². The van der Waals surface area contributed by atoms with Gasteiger partial charge in [-0.1, -0.05) is 6.92 Å². The molecule has 0 saturated carbocycles. The van der Waals surface area contributed by atoms with Crippen LogP contribution in [0.3, 0.4) is 0 Å². The molecule has 2 aromatic rings. The lowest BCUT2D eigenvalue weighted by molar-refractivity contribution is 0.441. The predicted molar refractivity (Wildman–Crippen MR) is 63.0 cm³/mol. The average Bonchev–Trinajstić information content (AvgIpc) is 2.85. The molecule has 4 heteroatoms. The SMILES string of the molecule is CCCNC(c1ccc(F)cn1)c1ccco1. The van der Waals surface area contributed by atoms with Crippen molar-refractivity contribution in [3.05, 3.63) is 54.0 Å². The van der Waals surface area contributed by atoms with E-state index < -0.39 is 0 Å². The minimum atomic E-state index is -0.331. The Morgan fingerprint density at radius 2 is 2.29 bits per heavy atom. The molecule has 17 heavy (non-hydrogen) atoms. The van der Waals surface area contributed by atoms with Crippen LogP contribution in [0.25, 0.3) is 0 Å². The molecule has 0 spiro atoms. The Kier molecular flexibility index (Phi) is 3.88. The summed E-state index contributed by atoms with van der Waals surface area (Å²) in [6.45, 7) is 2.94. The zero-order valence-electron chi connectivity index (χ0n) is 9.69. The summed E-state index contributed by atoms with van der Waals surface area (Å²) >= 11 is 0. The van der Waals surface area contributed by atoms with Crippen molar-refractivity contribution in [2.24, 2.45) is 0 Å². The normalized spacial score (nSPS) is 12.6. The van der Waals surface area contributed by atoms with Crippen molar-refractivity contribution in [1.82, 2.24) is 10.3 Å². The van der Waals surface area contributed by atoms with E-state index >= 15 is 0 Å². The van der Waals surface area contributed by atoms with E-state index in [0.717, 1.165) is 24.4 Å². The standard InChI is InChI=1S/C13H15FN2O/c1-2-7-15-13(12-4-3-8-17-12)11-6-5-10(14)9-16-11/h3-6,8-9,13,15H,2,7H2,1H3. The van der Waals surface area contributed by atoms with Crippen LogP contribution in [0.4, 0.5) is 4.39 Å². The number of hydrogen-bond donors (Lipinski definition) is 1. The molecule has 0 aromatic carbocycles. The second-order valence-electron chi connectivity index (χ2n) is 3.80. The molecular weight excluding hydrogens is 219 g/mol. The third-order valence-corrected chi connectivity index (χ3v) is 2.47. The first-order valence-electron chi connectivity index (χ1n) is 5.69. The minimum Gasteiger partial charge on any atom is -0.467 e. The van der Waals surface area contributed by atoms with Crippen LogP contribution in [0, 0.1) is 5.82 Å². The first kappa shape index (κ1) is 11.8. The molecule has 1 atom stereocenters. The molecule has 0 fully saturated rings. The second-order valence-corrected chi connectivity index (χ2v) is 3.80. The summed E-state index contributed by atoms with van der Waals surface area (Å²) in [4.78, 5) is 4.09. The smallest absolute Gasteiger partial charge is 0.141 e. The molecule has 0 radical (unpaired) electrons.